The van der Waals surface area contributed by atoms with Crippen molar-refractivity contribution < 1.29 is 0 Å². The molecule has 0 aliphatic carbocycles. The summed E-state index contributed by atoms with van der Waals surface area (Å²) < 4.78 is 1.83. The predicted octanol–water partition coefficient (Wildman–Crippen LogP) is 2.51. The Labute approximate surface area is 112 Å². The van der Waals surface area contributed by atoms with E-state index < -0.39 is 0 Å². The summed E-state index contributed by atoms with van der Waals surface area (Å²) in [7, 11) is 1.91. The number of pyridine rings is 1. The van der Waals surface area contributed by atoms with Crippen molar-refractivity contribution in [2.45, 2.75) is 26.7 Å². The number of nitrogens with two attached hydrogens (primary N) is 1. The van der Waals surface area contributed by atoms with E-state index in [4.69, 9.17) is 17.3 Å². The highest BCUT2D eigenvalue weighted by atomic mass is 35.5. The Kier molecular flexibility index (Phi) is 3.57. The quantitative estimate of drug-likeness (QED) is 0.927. The van der Waals surface area contributed by atoms with Crippen LogP contribution in [-0.2, 0) is 19.9 Å². The summed E-state index contributed by atoms with van der Waals surface area (Å²) >= 11 is 6.34. The van der Waals surface area contributed by atoms with Crippen LogP contribution in [0.15, 0.2) is 12.3 Å². The summed E-state index contributed by atoms with van der Waals surface area (Å²) in [5.41, 5.74) is 9.97. The fourth-order valence-electron chi connectivity index (χ4n) is 2.02. The van der Waals surface area contributed by atoms with Crippen molar-refractivity contribution in [1.82, 2.24) is 14.8 Å². The third kappa shape index (κ3) is 2.20. The second-order valence-corrected chi connectivity index (χ2v) is 4.73. The maximum atomic E-state index is 6.34. The van der Waals surface area contributed by atoms with Crippen LogP contribution < -0.4 is 5.73 Å². The highest BCUT2D eigenvalue weighted by Crippen LogP contribution is 2.26. The van der Waals surface area contributed by atoms with Gasteiger partial charge < -0.3 is 5.73 Å². The van der Waals surface area contributed by atoms with Gasteiger partial charge in [-0.25, -0.2) is 4.98 Å². The molecular formula is C13H17ClN4. The molecule has 0 unspecified atom stereocenters. The molecule has 96 valence electrons. The zero-order valence-corrected chi connectivity index (χ0v) is 11.6. The van der Waals surface area contributed by atoms with E-state index in [1.54, 1.807) is 6.20 Å². The van der Waals surface area contributed by atoms with Gasteiger partial charge in [-0.05, 0) is 25.0 Å². The number of aromatic nitrogens is 3. The number of anilines is 1. The van der Waals surface area contributed by atoms with Crippen molar-refractivity contribution in [1.29, 1.82) is 0 Å². The van der Waals surface area contributed by atoms with Crippen LogP contribution in [0.1, 0.15) is 29.4 Å². The zero-order valence-electron chi connectivity index (χ0n) is 10.9. The first-order valence-corrected chi connectivity index (χ1v) is 6.32. The fraction of sp³-hybridized carbons (Fsp3) is 0.385. The molecule has 0 atom stereocenters. The molecule has 18 heavy (non-hydrogen) atoms. The summed E-state index contributed by atoms with van der Waals surface area (Å²) in [6.07, 6.45) is 3.21. The number of aryl methyl sites for hydroxylation is 3. The van der Waals surface area contributed by atoms with Gasteiger partial charge in [0, 0.05) is 25.2 Å². The normalized spacial score (nSPS) is 10.9. The summed E-state index contributed by atoms with van der Waals surface area (Å²) in [5.74, 6) is 0.560. The first-order chi connectivity index (χ1) is 8.54. The third-order valence-electron chi connectivity index (χ3n) is 3.17. The number of rotatable bonds is 3. The summed E-state index contributed by atoms with van der Waals surface area (Å²) in [6, 6.07) is 1.96. The van der Waals surface area contributed by atoms with E-state index in [1.165, 1.54) is 0 Å². The van der Waals surface area contributed by atoms with Gasteiger partial charge in [0.15, 0.2) is 0 Å². The number of nitrogens with zero attached hydrogens (tertiary/aromatic N) is 3. The van der Waals surface area contributed by atoms with E-state index in [9.17, 15) is 0 Å². The van der Waals surface area contributed by atoms with Gasteiger partial charge in [0.1, 0.15) is 5.82 Å². The van der Waals surface area contributed by atoms with Crippen LogP contribution in [0.25, 0.3) is 0 Å². The molecule has 0 aliphatic rings. The van der Waals surface area contributed by atoms with E-state index in [0.29, 0.717) is 12.2 Å². The minimum absolute atomic E-state index is 0.560. The Bertz CT molecular complexity index is 554. The molecule has 4 nitrogen and oxygen atoms in total. The van der Waals surface area contributed by atoms with Gasteiger partial charge in [-0.1, -0.05) is 18.5 Å². The highest BCUT2D eigenvalue weighted by molar-refractivity contribution is 6.31. The van der Waals surface area contributed by atoms with Crippen LogP contribution in [0.3, 0.4) is 0 Å². The molecule has 2 aromatic rings. The Morgan fingerprint density at radius 3 is 2.72 bits per heavy atom. The molecule has 0 bridgehead atoms. The lowest BCUT2D eigenvalue weighted by molar-refractivity contribution is 0.709. The van der Waals surface area contributed by atoms with E-state index in [0.717, 1.165) is 34.0 Å². The largest absolute Gasteiger partial charge is 0.383 e. The molecule has 5 heteroatoms. The average Bonchev–Trinajstić information content (AvgIpc) is 2.60. The van der Waals surface area contributed by atoms with Crippen LogP contribution >= 0.6 is 11.6 Å². The van der Waals surface area contributed by atoms with E-state index >= 15 is 0 Å². The van der Waals surface area contributed by atoms with Crippen molar-refractivity contribution in [3.63, 3.8) is 0 Å². The fourth-order valence-corrected chi connectivity index (χ4v) is 2.38. The smallest absolute Gasteiger partial charge is 0.127 e. The van der Waals surface area contributed by atoms with Crippen LogP contribution in [0.2, 0.25) is 5.02 Å². The monoisotopic (exact) mass is 264 g/mol. The zero-order chi connectivity index (χ0) is 13.3. The van der Waals surface area contributed by atoms with Gasteiger partial charge in [0.2, 0.25) is 0 Å². The number of hydrogen-bond acceptors (Lipinski definition) is 3. The van der Waals surface area contributed by atoms with Gasteiger partial charge in [-0.2, -0.15) is 5.10 Å². The Morgan fingerprint density at radius 1 is 1.44 bits per heavy atom. The minimum Gasteiger partial charge on any atom is -0.383 e. The molecule has 2 rings (SSSR count). The first-order valence-electron chi connectivity index (χ1n) is 5.94. The lowest BCUT2D eigenvalue weighted by atomic mass is 10.1. The van der Waals surface area contributed by atoms with Crippen molar-refractivity contribution in [3.05, 3.63) is 39.8 Å². The predicted molar refractivity (Wildman–Crippen MR) is 73.8 cm³/mol. The molecule has 0 radical (unpaired) electrons. The van der Waals surface area contributed by atoms with Crippen LogP contribution in [0.4, 0.5) is 5.82 Å². The molecule has 0 fully saturated rings. The van der Waals surface area contributed by atoms with Crippen molar-refractivity contribution >= 4 is 17.4 Å². The van der Waals surface area contributed by atoms with E-state index in [1.807, 2.05) is 31.6 Å². The lowest BCUT2D eigenvalue weighted by Crippen LogP contribution is -2.05. The molecule has 0 amide bonds. The molecular weight excluding hydrogens is 248 g/mol. The maximum Gasteiger partial charge on any atom is 0.127 e. The standard InChI is InChI=1S/C13H17ClN4/c1-4-10-12(14)11(18(3)17-10)7-9-8(2)5-6-16-13(9)15/h5-6H,4,7H2,1-3H3,(H2,15,16). The van der Waals surface area contributed by atoms with Gasteiger partial charge in [0.25, 0.3) is 0 Å². The lowest BCUT2D eigenvalue weighted by Gasteiger charge is -2.09. The molecule has 0 saturated carbocycles. The molecule has 0 spiro atoms. The van der Waals surface area contributed by atoms with Gasteiger partial charge in [-0.15, -0.1) is 0 Å². The Morgan fingerprint density at radius 2 is 2.17 bits per heavy atom. The van der Waals surface area contributed by atoms with Gasteiger partial charge in [-0.3, -0.25) is 4.68 Å². The van der Waals surface area contributed by atoms with Gasteiger partial charge in [0.05, 0.1) is 16.4 Å². The minimum atomic E-state index is 0.560. The van der Waals surface area contributed by atoms with Crippen molar-refractivity contribution in [2.24, 2.45) is 7.05 Å². The Hall–Kier alpha value is -1.55. The number of halogens is 1. The van der Waals surface area contributed by atoms with Crippen LogP contribution in [-0.4, -0.2) is 14.8 Å². The summed E-state index contributed by atoms with van der Waals surface area (Å²) in [6.45, 7) is 4.07. The maximum absolute atomic E-state index is 6.34. The van der Waals surface area contributed by atoms with Crippen LogP contribution in [0, 0.1) is 6.92 Å². The van der Waals surface area contributed by atoms with Crippen molar-refractivity contribution in [2.75, 3.05) is 5.73 Å². The molecule has 0 saturated heterocycles. The third-order valence-corrected chi connectivity index (χ3v) is 3.61. The number of nitrogen functional groups attached to an aromatic ring is 1. The second-order valence-electron chi connectivity index (χ2n) is 4.35. The summed E-state index contributed by atoms with van der Waals surface area (Å²) in [5, 5.41) is 5.15. The van der Waals surface area contributed by atoms with E-state index in [-0.39, 0.29) is 0 Å². The number of hydrogen-bond donors (Lipinski definition) is 1. The summed E-state index contributed by atoms with van der Waals surface area (Å²) in [4.78, 5) is 4.13. The second kappa shape index (κ2) is 4.98. The molecule has 2 N–H and O–H groups in total. The SMILES string of the molecule is CCc1nn(C)c(Cc2c(C)ccnc2N)c1Cl. The molecule has 2 heterocycles. The first kappa shape index (κ1) is 12.9. The molecule has 0 aromatic carbocycles. The van der Waals surface area contributed by atoms with Crippen molar-refractivity contribution in [3.8, 4) is 0 Å². The highest BCUT2D eigenvalue weighted by Gasteiger charge is 2.15. The van der Waals surface area contributed by atoms with E-state index in [2.05, 4.69) is 10.1 Å². The average molecular weight is 265 g/mol. The topological polar surface area (TPSA) is 56.7 Å². The van der Waals surface area contributed by atoms with Gasteiger partial charge >= 0.3 is 0 Å². The molecule has 0 aliphatic heterocycles. The Balaban J connectivity index is 2.43. The molecule has 2 aromatic heterocycles. The van der Waals surface area contributed by atoms with Crippen LogP contribution in [0.5, 0.6) is 0 Å².